The van der Waals surface area contributed by atoms with Crippen molar-refractivity contribution in [2.75, 3.05) is 23.7 Å². The van der Waals surface area contributed by atoms with Gasteiger partial charge in [0.15, 0.2) is 10.2 Å². The minimum Gasteiger partial charge on any atom is -0.362 e. The first-order chi connectivity index (χ1) is 14.2. The summed E-state index contributed by atoms with van der Waals surface area (Å²) in [4.78, 5) is 0. The van der Waals surface area contributed by atoms with Crippen molar-refractivity contribution < 1.29 is 0 Å². The van der Waals surface area contributed by atoms with Crippen LogP contribution in [0.1, 0.15) is 38.8 Å². The van der Waals surface area contributed by atoms with Crippen molar-refractivity contribution in [1.29, 1.82) is 0 Å². The van der Waals surface area contributed by atoms with Gasteiger partial charge in [0, 0.05) is 24.5 Å². The maximum atomic E-state index is 5.39. The lowest BCUT2D eigenvalue weighted by molar-refractivity contribution is 0.627. The van der Waals surface area contributed by atoms with Crippen LogP contribution in [0.4, 0.5) is 11.4 Å². The number of benzene rings is 2. The van der Waals surface area contributed by atoms with Gasteiger partial charge >= 0.3 is 0 Å². The van der Waals surface area contributed by atoms with Crippen LogP contribution in [-0.2, 0) is 0 Å². The summed E-state index contributed by atoms with van der Waals surface area (Å²) in [5, 5.41) is 14.4. The Balaban J connectivity index is 2.07. The van der Waals surface area contributed by atoms with E-state index in [2.05, 4.69) is 99.2 Å². The summed E-state index contributed by atoms with van der Waals surface area (Å²) in [6, 6.07) is 12.8. The number of anilines is 2. The molecule has 6 heteroatoms. The van der Waals surface area contributed by atoms with Gasteiger partial charge in [0.25, 0.3) is 0 Å². The van der Waals surface area contributed by atoms with E-state index in [0.717, 1.165) is 35.6 Å². The summed E-state index contributed by atoms with van der Waals surface area (Å²) >= 11 is 10.8. The van der Waals surface area contributed by atoms with Crippen molar-refractivity contribution in [2.45, 2.75) is 41.5 Å². The monoisotopic (exact) mass is 442 g/mol. The second kappa shape index (κ2) is 11.3. The molecule has 0 bridgehead atoms. The normalized spacial score (nSPS) is 10.8. The quantitative estimate of drug-likeness (QED) is 0.403. The van der Waals surface area contributed by atoms with E-state index < -0.39 is 0 Å². The topological polar surface area (TPSA) is 48.1 Å². The zero-order chi connectivity index (χ0) is 22.3. The highest BCUT2D eigenvalue weighted by molar-refractivity contribution is 7.80. The maximum Gasteiger partial charge on any atom is 0.170 e. The average Bonchev–Trinajstić information content (AvgIpc) is 2.68. The molecular weight excluding hydrogens is 408 g/mol. The van der Waals surface area contributed by atoms with Crippen molar-refractivity contribution in [2.24, 2.45) is 11.8 Å². The van der Waals surface area contributed by atoms with Crippen LogP contribution < -0.4 is 21.3 Å². The first-order valence-corrected chi connectivity index (χ1v) is 11.3. The van der Waals surface area contributed by atoms with Crippen LogP contribution in [0, 0.1) is 25.7 Å². The molecule has 0 aliphatic carbocycles. The van der Waals surface area contributed by atoms with Crippen molar-refractivity contribution >= 4 is 46.0 Å². The molecule has 162 valence electrons. The van der Waals surface area contributed by atoms with Gasteiger partial charge in [-0.25, -0.2) is 0 Å². The zero-order valence-corrected chi connectivity index (χ0v) is 20.5. The molecule has 0 amide bonds. The number of hydrogen-bond acceptors (Lipinski definition) is 2. The number of nitrogens with one attached hydrogen (secondary N) is 4. The van der Waals surface area contributed by atoms with Crippen molar-refractivity contribution in [3.63, 3.8) is 0 Å². The minimum atomic E-state index is 0.550. The summed E-state index contributed by atoms with van der Waals surface area (Å²) in [6.07, 6.45) is 0. The molecule has 2 aromatic rings. The lowest BCUT2D eigenvalue weighted by Gasteiger charge is -2.16. The minimum absolute atomic E-state index is 0.550. The van der Waals surface area contributed by atoms with Crippen LogP contribution in [0.15, 0.2) is 36.4 Å². The van der Waals surface area contributed by atoms with E-state index in [1.54, 1.807) is 0 Å². The summed E-state index contributed by atoms with van der Waals surface area (Å²) in [6.45, 7) is 14.6. The Morgan fingerprint density at radius 1 is 0.700 bits per heavy atom. The fourth-order valence-electron chi connectivity index (χ4n) is 2.89. The van der Waals surface area contributed by atoms with E-state index in [4.69, 9.17) is 24.4 Å². The molecule has 0 unspecified atom stereocenters. The molecule has 2 aromatic carbocycles. The number of hydrogen-bond donors (Lipinski definition) is 4. The van der Waals surface area contributed by atoms with E-state index in [1.165, 1.54) is 11.1 Å². The third-order valence-corrected chi connectivity index (χ3v) is 5.12. The molecular formula is C24H34N4S2. The Labute approximate surface area is 192 Å². The number of aryl methyl sites for hydroxylation is 2. The summed E-state index contributed by atoms with van der Waals surface area (Å²) < 4.78 is 0. The highest BCUT2D eigenvalue weighted by Gasteiger charge is 2.08. The molecule has 0 saturated heterocycles. The zero-order valence-electron chi connectivity index (χ0n) is 18.8. The van der Waals surface area contributed by atoms with E-state index >= 15 is 0 Å². The molecule has 0 fully saturated rings. The molecule has 0 aliphatic heterocycles. The third kappa shape index (κ3) is 7.58. The van der Waals surface area contributed by atoms with Crippen LogP contribution in [0.3, 0.4) is 0 Å². The molecule has 4 nitrogen and oxygen atoms in total. The predicted octanol–water partition coefficient (Wildman–Crippen LogP) is 5.86. The Morgan fingerprint density at radius 2 is 1.07 bits per heavy atom. The standard InChI is InChI=1S/C24H34N4S2/c1-15(2)13-25-23(29)27-21-9-7-19(11-17(21)5)20-8-10-22(18(6)12-20)28-24(30)26-14-16(3)4/h7-12,15-16H,13-14H2,1-6H3,(H2,25,27,29)(H2,26,28,30). The smallest absolute Gasteiger partial charge is 0.170 e. The van der Waals surface area contributed by atoms with Gasteiger partial charge < -0.3 is 21.3 Å². The molecule has 0 aromatic heterocycles. The van der Waals surface area contributed by atoms with E-state index in [-0.39, 0.29) is 0 Å². The van der Waals surface area contributed by atoms with E-state index in [9.17, 15) is 0 Å². The number of thiocarbonyl (C=S) groups is 2. The molecule has 0 saturated carbocycles. The van der Waals surface area contributed by atoms with Gasteiger partial charge in [-0.1, -0.05) is 39.8 Å². The molecule has 0 atom stereocenters. The van der Waals surface area contributed by atoms with Gasteiger partial charge in [-0.2, -0.15) is 0 Å². The molecule has 0 radical (unpaired) electrons. The Hall–Kier alpha value is -2.18. The predicted molar refractivity (Wildman–Crippen MR) is 139 cm³/mol. The van der Waals surface area contributed by atoms with Crippen LogP contribution in [0.25, 0.3) is 11.1 Å². The largest absolute Gasteiger partial charge is 0.362 e. The maximum absolute atomic E-state index is 5.39. The Morgan fingerprint density at radius 3 is 1.37 bits per heavy atom. The molecule has 0 spiro atoms. The molecule has 0 aliphatic rings. The second-order valence-corrected chi connectivity index (χ2v) is 9.33. The Bertz CT molecular complexity index is 817. The van der Waals surface area contributed by atoms with Crippen LogP contribution in [0.5, 0.6) is 0 Å². The van der Waals surface area contributed by atoms with Gasteiger partial charge in [-0.15, -0.1) is 0 Å². The molecule has 30 heavy (non-hydrogen) atoms. The fourth-order valence-corrected chi connectivity index (χ4v) is 3.28. The van der Waals surface area contributed by atoms with Crippen LogP contribution >= 0.6 is 24.4 Å². The summed E-state index contributed by atoms with van der Waals surface area (Å²) in [5.74, 6) is 1.10. The van der Waals surface area contributed by atoms with Gasteiger partial charge in [0.1, 0.15) is 0 Å². The van der Waals surface area contributed by atoms with Gasteiger partial charge in [-0.05, 0) is 96.6 Å². The Kier molecular flexibility index (Phi) is 9.06. The van der Waals surface area contributed by atoms with E-state index in [0.29, 0.717) is 22.1 Å². The van der Waals surface area contributed by atoms with Gasteiger partial charge in [0.05, 0.1) is 0 Å². The summed E-state index contributed by atoms with van der Waals surface area (Å²) in [7, 11) is 0. The highest BCUT2D eigenvalue weighted by Crippen LogP contribution is 2.28. The van der Waals surface area contributed by atoms with Crippen LogP contribution in [0.2, 0.25) is 0 Å². The first-order valence-electron chi connectivity index (χ1n) is 10.5. The van der Waals surface area contributed by atoms with E-state index in [1.807, 2.05) is 0 Å². The highest BCUT2D eigenvalue weighted by atomic mass is 32.1. The fraction of sp³-hybridized carbons (Fsp3) is 0.417. The molecule has 2 rings (SSSR count). The van der Waals surface area contributed by atoms with Crippen molar-refractivity contribution in [3.8, 4) is 11.1 Å². The second-order valence-electron chi connectivity index (χ2n) is 8.52. The lowest BCUT2D eigenvalue weighted by Crippen LogP contribution is -2.31. The lowest BCUT2D eigenvalue weighted by atomic mass is 10.00. The van der Waals surface area contributed by atoms with Gasteiger partial charge in [-0.3, -0.25) is 0 Å². The SMILES string of the molecule is Cc1cc(-c2ccc(NC(=S)NCC(C)C)c(C)c2)ccc1NC(=S)NCC(C)C. The number of rotatable bonds is 7. The first kappa shape index (κ1) is 24.1. The average molecular weight is 443 g/mol. The third-order valence-electron chi connectivity index (χ3n) is 4.62. The molecule has 0 heterocycles. The molecule has 4 N–H and O–H groups in total. The van der Waals surface area contributed by atoms with Crippen LogP contribution in [-0.4, -0.2) is 23.3 Å². The van der Waals surface area contributed by atoms with Gasteiger partial charge in [0.2, 0.25) is 0 Å². The van der Waals surface area contributed by atoms with Crippen molar-refractivity contribution in [3.05, 3.63) is 47.5 Å². The van der Waals surface area contributed by atoms with Crippen molar-refractivity contribution in [1.82, 2.24) is 10.6 Å². The summed E-state index contributed by atoms with van der Waals surface area (Å²) in [5.41, 5.74) is 6.71.